The highest BCUT2D eigenvalue weighted by atomic mass is 32.1. The molecule has 116 valence electrons. The molecule has 0 saturated carbocycles. The topological polar surface area (TPSA) is 36.4 Å². The van der Waals surface area contributed by atoms with E-state index in [1.807, 2.05) is 11.8 Å². The Hall–Kier alpha value is -1.79. The lowest BCUT2D eigenvalue weighted by atomic mass is 10.1. The lowest BCUT2D eigenvalue weighted by Crippen LogP contribution is -2.48. The van der Waals surface area contributed by atoms with E-state index in [9.17, 15) is 9.18 Å². The molecule has 0 N–H and O–H groups in total. The molecular formula is C16H18FN3OS. The molecule has 1 fully saturated rings. The SMILES string of the molecule is Cc1nc(CN2CCN(C(=O)c3ccc(F)cc3)CC2)cs1. The molecular weight excluding hydrogens is 301 g/mol. The van der Waals surface area contributed by atoms with Crippen LogP contribution in [-0.2, 0) is 6.54 Å². The lowest BCUT2D eigenvalue weighted by molar-refractivity contribution is 0.0627. The number of rotatable bonds is 3. The van der Waals surface area contributed by atoms with Gasteiger partial charge in [0.25, 0.3) is 5.91 Å². The molecule has 0 radical (unpaired) electrons. The Bertz CT molecular complexity index is 648. The first kappa shape index (κ1) is 15.1. The second-order valence-corrected chi connectivity index (χ2v) is 6.50. The van der Waals surface area contributed by atoms with Crippen LogP contribution in [0.1, 0.15) is 21.1 Å². The number of hydrogen-bond acceptors (Lipinski definition) is 4. The molecule has 2 aromatic rings. The predicted molar refractivity (Wildman–Crippen MR) is 84.4 cm³/mol. The first-order valence-electron chi connectivity index (χ1n) is 7.30. The van der Waals surface area contributed by atoms with Crippen LogP contribution in [0, 0.1) is 12.7 Å². The van der Waals surface area contributed by atoms with Crippen molar-refractivity contribution in [3.05, 3.63) is 51.7 Å². The Morgan fingerprint density at radius 3 is 2.50 bits per heavy atom. The van der Waals surface area contributed by atoms with Crippen molar-refractivity contribution in [2.45, 2.75) is 13.5 Å². The smallest absolute Gasteiger partial charge is 0.253 e. The van der Waals surface area contributed by atoms with E-state index in [2.05, 4.69) is 15.3 Å². The van der Waals surface area contributed by atoms with Gasteiger partial charge in [0.15, 0.2) is 0 Å². The third-order valence-corrected chi connectivity index (χ3v) is 4.63. The Morgan fingerprint density at radius 1 is 1.23 bits per heavy atom. The van der Waals surface area contributed by atoms with Gasteiger partial charge in [-0.25, -0.2) is 9.37 Å². The largest absolute Gasteiger partial charge is 0.336 e. The Morgan fingerprint density at radius 2 is 1.91 bits per heavy atom. The van der Waals surface area contributed by atoms with Crippen LogP contribution in [0.25, 0.3) is 0 Å². The summed E-state index contributed by atoms with van der Waals surface area (Å²) < 4.78 is 12.9. The van der Waals surface area contributed by atoms with Crippen LogP contribution < -0.4 is 0 Å². The summed E-state index contributed by atoms with van der Waals surface area (Å²) >= 11 is 1.66. The third-order valence-electron chi connectivity index (χ3n) is 3.80. The van der Waals surface area contributed by atoms with Crippen LogP contribution in [0.3, 0.4) is 0 Å². The maximum absolute atomic E-state index is 12.9. The minimum absolute atomic E-state index is 0.0239. The summed E-state index contributed by atoms with van der Waals surface area (Å²) in [6, 6.07) is 5.74. The summed E-state index contributed by atoms with van der Waals surface area (Å²) in [6.07, 6.45) is 0. The first-order valence-corrected chi connectivity index (χ1v) is 8.18. The van der Waals surface area contributed by atoms with Gasteiger partial charge < -0.3 is 4.90 Å². The first-order chi connectivity index (χ1) is 10.6. The zero-order valence-corrected chi connectivity index (χ0v) is 13.3. The molecule has 0 aliphatic carbocycles. The fourth-order valence-electron chi connectivity index (χ4n) is 2.59. The van der Waals surface area contributed by atoms with E-state index >= 15 is 0 Å². The molecule has 0 unspecified atom stereocenters. The number of aromatic nitrogens is 1. The standard InChI is InChI=1S/C16H18FN3OS/c1-12-18-15(11-22-12)10-19-6-8-20(9-7-19)16(21)13-2-4-14(17)5-3-13/h2-5,11H,6-10H2,1H3. The molecule has 22 heavy (non-hydrogen) atoms. The van der Waals surface area contributed by atoms with Crippen LogP contribution in [-0.4, -0.2) is 46.9 Å². The van der Waals surface area contributed by atoms with Crippen LogP contribution in [0.4, 0.5) is 4.39 Å². The van der Waals surface area contributed by atoms with Gasteiger partial charge in [-0.2, -0.15) is 0 Å². The van der Waals surface area contributed by atoms with E-state index in [-0.39, 0.29) is 11.7 Å². The number of carbonyl (C=O) groups excluding carboxylic acids is 1. The maximum Gasteiger partial charge on any atom is 0.253 e. The number of halogens is 1. The highest BCUT2D eigenvalue weighted by Crippen LogP contribution is 2.14. The van der Waals surface area contributed by atoms with Gasteiger partial charge in [-0.3, -0.25) is 9.69 Å². The number of aryl methyl sites for hydroxylation is 1. The number of nitrogens with zero attached hydrogens (tertiary/aromatic N) is 3. The minimum atomic E-state index is -0.320. The number of thiazole rings is 1. The minimum Gasteiger partial charge on any atom is -0.336 e. The van der Waals surface area contributed by atoms with Crippen molar-refractivity contribution in [2.24, 2.45) is 0 Å². The quantitative estimate of drug-likeness (QED) is 0.872. The molecule has 0 spiro atoms. The molecule has 1 aliphatic rings. The van der Waals surface area contributed by atoms with Crippen molar-refractivity contribution < 1.29 is 9.18 Å². The molecule has 1 amide bonds. The second-order valence-electron chi connectivity index (χ2n) is 5.43. The van der Waals surface area contributed by atoms with Crippen LogP contribution in [0.5, 0.6) is 0 Å². The zero-order valence-electron chi connectivity index (χ0n) is 12.5. The number of benzene rings is 1. The van der Waals surface area contributed by atoms with Gasteiger partial charge in [0.2, 0.25) is 0 Å². The Balaban J connectivity index is 1.55. The summed E-state index contributed by atoms with van der Waals surface area (Å²) in [6.45, 7) is 5.90. The number of piperazine rings is 1. The van der Waals surface area contributed by atoms with Crippen molar-refractivity contribution in [3.63, 3.8) is 0 Å². The average Bonchev–Trinajstić information content (AvgIpc) is 2.93. The number of carbonyl (C=O) groups is 1. The van der Waals surface area contributed by atoms with Crippen molar-refractivity contribution in [1.29, 1.82) is 0 Å². The summed E-state index contributed by atoms with van der Waals surface area (Å²) in [5.74, 6) is -0.343. The maximum atomic E-state index is 12.9. The van der Waals surface area contributed by atoms with Gasteiger partial charge >= 0.3 is 0 Å². The van der Waals surface area contributed by atoms with E-state index in [4.69, 9.17) is 0 Å². The molecule has 3 rings (SSSR count). The van der Waals surface area contributed by atoms with E-state index in [0.717, 1.165) is 30.3 Å². The van der Waals surface area contributed by atoms with Crippen molar-refractivity contribution >= 4 is 17.2 Å². The van der Waals surface area contributed by atoms with Gasteiger partial charge in [-0.1, -0.05) is 0 Å². The normalized spacial score (nSPS) is 16.0. The lowest BCUT2D eigenvalue weighted by Gasteiger charge is -2.34. The van der Waals surface area contributed by atoms with Gasteiger partial charge in [0, 0.05) is 43.7 Å². The van der Waals surface area contributed by atoms with E-state index in [1.54, 1.807) is 23.5 Å². The van der Waals surface area contributed by atoms with E-state index < -0.39 is 0 Å². The highest BCUT2D eigenvalue weighted by Gasteiger charge is 2.22. The Labute approximate surface area is 133 Å². The van der Waals surface area contributed by atoms with Gasteiger partial charge in [-0.15, -0.1) is 11.3 Å². The molecule has 6 heteroatoms. The summed E-state index contributed by atoms with van der Waals surface area (Å²) in [5, 5.41) is 3.17. The average molecular weight is 319 g/mol. The fraction of sp³-hybridized carbons (Fsp3) is 0.375. The molecule has 0 atom stereocenters. The predicted octanol–water partition coefficient (Wildman–Crippen LogP) is 2.55. The second kappa shape index (κ2) is 6.54. The fourth-order valence-corrected chi connectivity index (χ4v) is 3.20. The zero-order chi connectivity index (χ0) is 15.5. The summed E-state index contributed by atoms with van der Waals surface area (Å²) in [4.78, 5) is 21.0. The van der Waals surface area contributed by atoms with Crippen LogP contribution in [0.15, 0.2) is 29.6 Å². The molecule has 1 aromatic heterocycles. The van der Waals surface area contributed by atoms with E-state index in [1.165, 1.54) is 12.1 Å². The van der Waals surface area contributed by atoms with Crippen molar-refractivity contribution in [2.75, 3.05) is 26.2 Å². The van der Waals surface area contributed by atoms with Crippen molar-refractivity contribution in [1.82, 2.24) is 14.8 Å². The van der Waals surface area contributed by atoms with Crippen LogP contribution >= 0.6 is 11.3 Å². The highest BCUT2D eigenvalue weighted by molar-refractivity contribution is 7.09. The molecule has 1 aromatic carbocycles. The van der Waals surface area contributed by atoms with Gasteiger partial charge in [0.05, 0.1) is 10.7 Å². The third kappa shape index (κ3) is 3.51. The molecule has 1 aliphatic heterocycles. The molecule has 1 saturated heterocycles. The summed E-state index contributed by atoms with van der Waals surface area (Å²) in [5.41, 5.74) is 1.64. The summed E-state index contributed by atoms with van der Waals surface area (Å²) in [7, 11) is 0. The monoisotopic (exact) mass is 319 g/mol. The Kier molecular flexibility index (Phi) is 4.49. The van der Waals surface area contributed by atoms with Crippen LogP contribution in [0.2, 0.25) is 0 Å². The molecule has 0 bridgehead atoms. The molecule has 2 heterocycles. The number of hydrogen-bond donors (Lipinski definition) is 0. The van der Waals surface area contributed by atoms with Gasteiger partial charge in [0.1, 0.15) is 5.82 Å². The van der Waals surface area contributed by atoms with E-state index in [0.29, 0.717) is 18.7 Å². The van der Waals surface area contributed by atoms with Gasteiger partial charge in [-0.05, 0) is 31.2 Å². The van der Waals surface area contributed by atoms with Crippen molar-refractivity contribution in [3.8, 4) is 0 Å². The molecule has 4 nitrogen and oxygen atoms in total. The number of amides is 1.